The van der Waals surface area contributed by atoms with Crippen molar-refractivity contribution in [3.63, 3.8) is 0 Å². The lowest BCUT2D eigenvalue weighted by Gasteiger charge is -2.13. The number of nitrogens with zero attached hydrogens (tertiary/aromatic N) is 2. The lowest BCUT2D eigenvalue weighted by Crippen LogP contribution is -2.28. The predicted octanol–water partition coefficient (Wildman–Crippen LogP) is 2.28. The third-order valence-electron chi connectivity index (χ3n) is 2.37. The van der Waals surface area contributed by atoms with Crippen molar-refractivity contribution in [1.82, 2.24) is 9.88 Å². The van der Waals surface area contributed by atoms with Gasteiger partial charge in [0.2, 0.25) is 0 Å². The molecular formula is C9H11ClN2OS. The van der Waals surface area contributed by atoms with Crippen molar-refractivity contribution in [3.05, 3.63) is 15.5 Å². The van der Waals surface area contributed by atoms with Crippen molar-refractivity contribution in [2.45, 2.75) is 13.3 Å². The summed E-state index contributed by atoms with van der Waals surface area (Å²) in [6.07, 6.45) is 2.61. The summed E-state index contributed by atoms with van der Waals surface area (Å²) < 4.78 is 0.570. The van der Waals surface area contributed by atoms with Crippen molar-refractivity contribution >= 4 is 28.8 Å². The van der Waals surface area contributed by atoms with Crippen molar-refractivity contribution < 1.29 is 4.79 Å². The number of carbonyl (C=O) groups excluding carboxylic acids is 1. The number of carbonyl (C=O) groups is 1. The summed E-state index contributed by atoms with van der Waals surface area (Å²) in [5.74, 6) is 0.626. The number of thiazole rings is 1. The molecule has 1 atom stereocenters. The highest BCUT2D eigenvalue weighted by atomic mass is 35.5. The van der Waals surface area contributed by atoms with E-state index in [-0.39, 0.29) is 5.91 Å². The molecule has 1 amide bonds. The van der Waals surface area contributed by atoms with Crippen LogP contribution < -0.4 is 0 Å². The van der Waals surface area contributed by atoms with Gasteiger partial charge in [0.25, 0.3) is 5.91 Å². The van der Waals surface area contributed by atoms with Crippen LogP contribution in [-0.2, 0) is 0 Å². The van der Waals surface area contributed by atoms with Crippen LogP contribution in [0.15, 0.2) is 6.20 Å². The highest BCUT2D eigenvalue weighted by molar-refractivity contribution is 7.17. The fourth-order valence-corrected chi connectivity index (χ4v) is 2.49. The minimum Gasteiger partial charge on any atom is -0.336 e. The van der Waals surface area contributed by atoms with Gasteiger partial charge in [-0.15, -0.1) is 0 Å². The molecule has 1 unspecified atom stereocenters. The van der Waals surface area contributed by atoms with Gasteiger partial charge in [-0.2, -0.15) is 0 Å². The molecule has 0 radical (unpaired) electrons. The first-order valence-corrected chi connectivity index (χ1v) is 5.77. The van der Waals surface area contributed by atoms with Gasteiger partial charge in [0.15, 0.2) is 5.01 Å². The molecule has 5 heteroatoms. The van der Waals surface area contributed by atoms with E-state index in [0.717, 1.165) is 19.5 Å². The van der Waals surface area contributed by atoms with Crippen molar-refractivity contribution in [1.29, 1.82) is 0 Å². The van der Waals surface area contributed by atoms with Crippen LogP contribution in [0.25, 0.3) is 0 Å². The molecular weight excluding hydrogens is 220 g/mol. The second kappa shape index (κ2) is 3.87. The third-order valence-corrected chi connectivity index (χ3v) is 3.47. The molecule has 0 aliphatic carbocycles. The standard InChI is InChI=1S/C9H11ClN2OS/c1-6-2-3-12(5-6)9(13)8-11-4-7(10)14-8/h4,6H,2-3,5H2,1H3. The van der Waals surface area contributed by atoms with Crippen LogP contribution in [0.5, 0.6) is 0 Å². The molecule has 1 aliphatic heterocycles. The molecule has 0 N–H and O–H groups in total. The average molecular weight is 231 g/mol. The summed E-state index contributed by atoms with van der Waals surface area (Å²) in [6, 6.07) is 0. The Balaban J connectivity index is 2.09. The quantitative estimate of drug-likeness (QED) is 0.742. The van der Waals surface area contributed by atoms with E-state index in [2.05, 4.69) is 11.9 Å². The van der Waals surface area contributed by atoms with Crippen molar-refractivity contribution in [3.8, 4) is 0 Å². The maximum atomic E-state index is 11.8. The second-order valence-electron chi connectivity index (χ2n) is 3.61. The molecule has 1 saturated heterocycles. The molecule has 1 aromatic heterocycles. The highest BCUT2D eigenvalue weighted by Crippen LogP contribution is 2.22. The van der Waals surface area contributed by atoms with E-state index in [4.69, 9.17) is 11.6 Å². The summed E-state index contributed by atoms with van der Waals surface area (Å²) in [6.45, 7) is 3.84. The first kappa shape index (κ1) is 9.93. The van der Waals surface area contributed by atoms with Gasteiger partial charge in [0.1, 0.15) is 4.34 Å². The third kappa shape index (κ3) is 1.91. The number of aromatic nitrogens is 1. The Morgan fingerprint density at radius 1 is 1.79 bits per heavy atom. The van der Waals surface area contributed by atoms with E-state index in [1.165, 1.54) is 17.5 Å². The van der Waals surface area contributed by atoms with Gasteiger partial charge in [-0.05, 0) is 12.3 Å². The lowest BCUT2D eigenvalue weighted by molar-refractivity contribution is 0.0787. The Kier molecular flexibility index (Phi) is 2.74. The summed E-state index contributed by atoms with van der Waals surface area (Å²) in [5.41, 5.74) is 0. The summed E-state index contributed by atoms with van der Waals surface area (Å²) in [4.78, 5) is 17.6. The number of likely N-dealkylation sites (tertiary alicyclic amines) is 1. The Morgan fingerprint density at radius 2 is 2.57 bits per heavy atom. The largest absolute Gasteiger partial charge is 0.336 e. The van der Waals surface area contributed by atoms with Gasteiger partial charge in [-0.1, -0.05) is 29.9 Å². The van der Waals surface area contributed by atoms with E-state index in [9.17, 15) is 4.79 Å². The second-order valence-corrected chi connectivity index (χ2v) is 5.28. The van der Waals surface area contributed by atoms with Gasteiger partial charge >= 0.3 is 0 Å². The highest BCUT2D eigenvalue weighted by Gasteiger charge is 2.25. The summed E-state index contributed by atoms with van der Waals surface area (Å²) in [5, 5.41) is 0.504. The molecule has 3 nitrogen and oxygen atoms in total. The van der Waals surface area contributed by atoms with E-state index in [1.807, 2.05) is 4.90 Å². The number of halogens is 1. The van der Waals surface area contributed by atoms with Crippen LogP contribution >= 0.6 is 22.9 Å². The minimum atomic E-state index is 0.0197. The Hall–Kier alpha value is -0.610. The van der Waals surface area contributed by atoms with E-state index < -0.39 is 0 Å². The first-order valence-electron chi connectivity index (χ1n) is 4.57. The fourth-order valence-electron chi connectivity index (χ4n) is 1.61. The van der Waals surface area contributed by atoms with Crippen LogP contribution in [0.3, 0.4) is 0 Å². The summed E-state index contributed by atoms with van der Waals surface area (Å²) >= 11 is 6.97. The zero-order valence-electron chi connectivity index (χ0n) is 7.86. The molecule has 0 saturated carbocycles. The van der Waals surface area contributed by atoms with Gasteiger partial charge < -0.3 is 4.90 Å². The van der Waals surface area contributed by atoms with Crippen LogP contribution in [0.4, 0.5) is 0 Å². The smallest absolute Gasteiger partial charge is 0.282 e. The van der Waals surface area contributed by atoms with Crippen molar-refractivity contribution in [2.24, 2.45) is 5.92 Å². The molecule has 1 aliphatic rings. The number of rotatable bonds is 1. The molecule has 2 heterocycles. The molecule has 2 rings (SSSR count). The molecule has 14 heavy (non-hydrogen) atoms. The topological polar surface area (TPSA) is 33.2 Å². The van der Waals surface area contributed by atoms with Crippen LogP contribution in [0.1, 0.15) is 23.1 Å². The molecule has 0 aromatic carbocycles. The van der Waals surface area contributed by atoms with Crippen LogP contribution in [-0.4, -0.2) is 28.9 Å². The summed E-state index contributed by atoms with van der Waals surface area (Å²) in [7, 11) is 0. The first-order chi connectivity index (χ1) is 6.66. The van der Waals surface area contributed by atoms with Gasteiger partial charge in [0.05, 0.1) is 6.20 Å². The SMILES string of the molecule is CC1CCN(C(=O)c2ncc(Cl)s2)C1. The predicted molar refractivity (Wildman–Crippen MR) is 56.8 cm³/mol. The molecule has 76 valence electrons. The number of amides is 1. The van der Waals surface area contributed by atoms with Gasteiger partial charge in [0, 0.05) is 13.1 Å². The van der Waals surface area contributed by atoms with E-state index in [0.29, 0.717) is 15.3 Å². The van der Waals surface area contributed by atoms with Crippen molar-refractivity contribution in [2.75, 3.05) is 13.1 Å². The Labute approximate surface area is 91.7 Å². The average Bonchev–Trinajstić information content (AvgIpc) is 2.73. The Morgan fingerprint density at radius 3 is 3.07 bits per heavy atom. The minimum absolute atomic E-state index is 0.0197. The van der Waals surface area contributed by atoms with Gasteiger partial charge in [-0.25, -0.2) is 4.98 Å². The van der Waals surface area contributed by atoms with E-state index in [1.54, 1.807) is 0 Å². The maximum Gasteiger partial charge on any atom is 0.282 e. The maximum absolute atomic E-state index is 11.8. The Bertz CT molecular complexity index is 352. The number of hydrogen-bond donors (Lipinski definition) is 0. The number of hydrogen-bond acceptors (Lipinski definition) is 3. The normalized spacial score (nSPS) is 21.6. The monoisotopic (exact) mass is 230 g/mol. The van der Waals surface area contributed by atoms with E-state index >= 15 is 0 Å². The molecule has 1 aromatic rings. The van der Waals surface area contributed by atoms with Crippen LogP contribution in [0, 0.1) is 5.92 Å². The zero-order valence-corrected chi connectivity index (χ0v) is 9.44. The van der Waals surface area contributed by atoms with Gasteiger partial charge in [-0.3, -0.25) is 4.79 Å². The molecule has 0 bridgehead atoms. The molecule has 1 fully saturated rings. The molecule has 0 spiro atoms. The lowest BCUT2D eigenvalue weighted by atomic mass is 10.2. The zero-order chi connectivity index (χ0) is 10.1. The van der Waals surface area contributed by atoms with Crippen LogP contribution in [0.2, 0.25) is 4.34 Å². The fraction of sp³-hybridized carbons (Fsp3) is 0.556.